The van der Waals surface area contributed by atoms with Crippen molar-refractivity contribution < 1.29 is 14.6 Å². The summed E-state index contributed by atoms with van der Waals surface area (Å²) in [7, 11) is 1.35. The van der Waals surface area contributed by atoms with Gasteiger partial charge in [0.25, 0.3) is 0 Å². The first-order valence-electron chi connectivity index (χ1n) is 4.73. The van der Waals surface area contributed by atoms with Crippen molar-refractivity contribution in [2.45, 2.75) is 31.7 Å². The van der Waals surface area contributed by atoms with Gasteiger partial charge in [-0.1, -0.05) is 12.8 Å². The molecule has 0 heterocycles. The zero-order chi connectivity index (χ0) is 9.68. The Labute approximate surface area is 78.3 Å². The molecule has 2 N–H and O–H groups in total. The smallest absolute Gasteiger partial charge is 0.407 e. The lowest BCUT2D eigenvalue weighted by Crippen LogP contribution is -2.43. The third-order valence-corrected chi connectivity index (χ3v) is 2.63. The van der Waals surface area contributed by atoms with Crippen LogP contribution in [0.3, 0.4) is 0 Å². The van der Waals surface area contributed by atoms with Gasteiger partial charge in [-0.15, -0.1) is 0 Å². The standard InChI is InChI=1S/C9H17NO3/c1-13-9(12)10-8-5-3-2-4-7(8)6-11/h7-8,11H,2-6H2,1H3,(H,10,12)/t7-,8+/m0/s1. The number of hydrogen-bond acceptors (Lipinski definition) is 3. The first-order valence-corrected chi connectivity index (χ1v) is 4.73. The van der Waals surface area contributed by atoms with E-state index in [1.807, 2.05) is 0 Å². The summed E-state index contributed by atoms with van der Waals surface area (Å²) in [6, 6.07) is 0.0891. The highest BCUT2D eigenvalue weighted by molar-refractivity contribution is 5.67. The summed E-state index contributed by atoms with van der Waals surface area (Å²) in [4.78, 5) is 10.9. The van der Waals surface area contributed by atoms with Crippen LogP contribution in [0.2, 0.25) is 0 Å². The Kier molecular flexibility index (Phi) is 4.02. The lowest BCUT2D eigenvalue weighted by molar-refractivity contribution is 0.131. The fraction of sp³-hybridized carbons (Fsp3) is 0.889. The fourth-order valence-corrected chi connectivity index (χ4v) is 1.83. The van der Waals surface area contributed by atoms with Crippen LogP contribution in [0, 0.1) is 5.92 Å². The van der Waals surface area contributed by atoms with Gasteiger partial charge in [-0.3, -0.25) is 0 Å². The van der Waals surface area contributed by atoms with E-state index in [0.29, 0.717) is 0 Å². The van der Waals surface area contributed by atoms with Crippen LogP contribution >= 0.6 is 0 Å². The highest BCUT2D eigenvalue weighted by Gasteiger charge is 2.25. The zero-order valence-corrected chi connectivity index (χ0v) is 7.95. The maximum atomic E-state index is 10.9. The summed E-state index contributed by atoms with van der Waals surface area (Å²) in [5, 5.41) is 11.8. The molecule has 1 saturated carbocycles. The Balaban J connectivity index is 2.40. The first kappa shape index (κ1) is 10.3. The van der Waals surface area contributed by atoms with Crippen molar-refractivity contribution in [2.75, 3.05) is 13.7 Å². The minimum absolute atomic E-state index is 0.0891. The number of methoxy groups -OCH3 is 1. The average molecular weight is 187 g/mol. The maximum Gasteiger partial charge on any atom is 0.407 e. The second-order valence-electron chi connectivity index (χ2n) is 3.47. The van der Waals surface area contributed by atoms with Crippen molar-refractivity contribution in [3.8, 4) is 0 Å². The molecule has 0 bridgehead atoms. The number of aliphatic hydroxyl groups excluding tert-OH is 1. The molecule has 76 valence electrons. The summed E-state index contributed by atoms with van der Waals surface area (Å²) >= 11 is 0. The number of hydrogen-bond donors (Lipinski definition) is 2. The topological polar surface area (TPSA) is 58.6 Å². The lowest BCUT2D eigenvalue weighted by Gasteiger charge is -2.30. The van der Waals surface area contributed by atoms with Crippen LogP contribution in [0.4, 0.5) is 4.79 Å². The Bertz CT molecular complexity index is 172. The van der Waals surface area contributed by atoms with Crippen molar-refractivity contribution in [3.05, 3.63) is 0 Å². The summed E-state index contributed by atoms with van der Waals surface area (Å²) in [5.74, 6) is 0.202. The van der Waals surface area contributed by atoms with Crippen LogP contribution in [0.25, 0.3) is 0 Å². The minimum Gasteiger partial charge on any atom is -0.453 e. The van der Waals surface area contributed by atoms with Gasteiger partial charge in [0.1, 0.15) is 0 Å². The third kappa shape index (κ3) is 2.88. The Morgan fingerprint density at radius 2 is 2.23 bits per heavy atom. The summed E-state index contributed by atoms with van der Waals surface area (Å²) in [6.07, 6.45) is 3.80. The molecule has 1 fully saturated rings. The molecule has 1 aliphatic carbocycles. The van der Waals surface area contributed by atoms with Crippen molar-refractivity contribution in [2.24, 2.45) is 5.92 Å². The van der Waals surface area contributed by atoms with Gasteiger partial charge in [0.15, 0.2) is 0 Å². The molecular weight excluding hydrogens is 170 g/mol. The van der Waals surface area contributed by atoms with Gasteiger partial charge in [0, 0.05) is 18.6 Å². The number of amides is 1. The van der Waals surface area contributed by atoms with Gasteiger partial charge in [-0.25, -0.2) is 4.79 Å². The second-order valence-corrected chi connectivity index (χ2v) is 3.47. The maximum absolute atomic E-state index is 10.9. The molecule has 4 heteroatoms. The normalized spacial score (nSPS) is 28.2. The van der Waals surface area contributed by atoms with Crippen LogP contribution in [-0.2, 0) is 4.74 Å². The van der Waals surface area contributed by atoms with Crippen molar-refractivity contribution in [3.63, 3.8) is 0 Å². The summed E-state index contributed by atoms with van der Waals surface area (Å²) in [6.45, 7) is 0.147. The Morgan fingerprint density at radius 1 is 1.54 bits per heavy atom. The number of nitrogens with one attached hydrogen (secondary N) is 1. The molecule has 4 nitrogen and oxygen atoms in total. The number of aliphatic hydroxyl groups is 1. The number of carbonyl (C=O) groups is 1. The molecule has 13 heavy (non-hydrogen) atoms. The van der Waals surface area contributed by atoms with E-state index in [4.69, 9.17) is 5.11 Å². The number of rotatable bonds is 2. The predicted octanol–water partition coefficient (Wildman–Crippen LogP) is 0.893. The summed E-state index contributed by atoms with van der Waals surface area (Å²) in [5.41, 5.74) is 0. The summed E-state index contributed by atoms with van der Waals surface area (Å²) < 4.78 is 4.51. The van der Waals surface area contributed by atoms with E-state index < -0.39 is 6.09 Å². The molecule has 1 rings (SSSR count). The molecule has 0 radical (unpaired) electrons. The molecule has 0 aromatic carbocycles. The first-order chi connectivity index (χ1) is 6.27. The molecular formula is C9H17NO3. The quantitative estimate of drug-likeness (QED) is 0.675. The molecule has 0 saturated heterocycles. The monoisotopic (exact) mass is 187 g/mol. The van der Waals surface area contributed by atoms with E-state index in [9.17, 15) is 4.79 Å². The van der Waals surface area contributed by atoms with Crippen molar-refractivity contribution in [1.82, 2.24) is 5.32 Å². The van der Waals surface area contributed by atoms with Gasteiger partial charge >= 0.3 is 6.09 Å². The van der Waals surface area contributed by atoms with Crippen molar-refractivity contribution in [1.29, 1.82) is 0 Å². The minimum atomic E-state index is -0.398. The van der Waals surface area contributed by atoms with Gasteiger partial charge in [0.2, 0.25) is 0 Å². The Morgan fingerprint density at radius 3 is 2.85 bits per heavy atom. The van der Waals surface area contributed by atoms with E-state index in [2.05, 4.69) is 10.1 Å². The average Bonchev–Trinajstić information content (AvgIpc) is 2.18. The lowest BCUT2D eigenvalue weighted by atomic mass is 9.85. The zero-order valence-electron chi connectivity index (χ0n) is 7.95. The van der Waals surface area contributed by atoms with Crippen LogP contribution in [0.1, 0.15) is 25.7 Å². The van der Waals surface area contributed by atoms with E-state index in [-0.39, 0.29) is 18.6 Å². The van der Waals surface area contributed by atoms with E-state index >= 15 is 0 Å². The number of alkyl carbamates (subject to hydrolysis) is 1. The molecule has 1 aliphatic rings. The Hall–Kier alpha value is -0.770. The predicted molar refractivity (Wildman–Crippen MR) is 48.4 cm³/mol. The second kappa shape index (κ2) is 5.07. The molecule has 0 aliphatic heterocycles. The van der Waals surface area contributed by atoms with Crippen LogP contribution in [0.5, 0.6) is 0 Å². The largest absolute Gasteiger partial charge is 0.453 e. The number of ether oxygens (including phenoxy) is 1. The molecule has 0 spiro atoms. The van der Waals surface area contributed by atoms with Crippen LogP contribution in [0.15, 0.2) is 0 Å². The van der Waals surface area contributed by atoms with E-state index in [1.54, 1.807) is 0 Å². The highest BCUT2D eigenvalue weighted by atomic mass is 16.5. The SMILES string of the molecule is COC(=O)N[C@@H]1CCCC[C@H]1CO. The van der Waals surface area contributed by atoms with E-state index in [0.717, 1.165) is 25.7 Å². The van der Waals surface area contributed by atoms with Crippen LogP contribution < -0.4 is 5.32 Å². The molecule has 2 atom stereocenters. The van der Waals surface area contributed by atoms with Crippen LogP contribution in [-0.4, -0.2) is 31.0 Å². The van der Waals surface area contributed by atoms with Gasteiger partial charge in [-0.2, -0.15) is 0 Å². The van der Waals surface area contributed by atoms with Gasteiger partial charge < -0.3 is 15.2 Å². The van der Waals surface area contributed by atoms with E-state index in [1.165, 1.54) is 7.11 Å². The molecule has 0 unspecified atom stereocenters. The van der Waals surface area contributed by atoms with Gasteiger partial charge in [-0.05, 0) is 12.8 Å². The van der Waals surface area contributed by atoms with Crippen molar-refractivity contribution >= 4 is 6.09 Å². The third-order valence-electron chi connectivity index (χ3n) is 2.63. The number of carbonyl (C=O) groups excluding carboxylic acids is 1. The fourth-order valence-electron chi connectivity index (χ4n) is 1.83. The molecule has 0 aromatic heterocycles. The molecule has 0 aromatic rings. The molecule has 1 amide bonds. The highest BCUT2D eigenvalue weighted by Crippen LogP contribution is 2.23. The van der Waals surface area contributed by atoms with Gasteiger partial charge in [0.05, 0.1) is 7.11 Å².